The Hall–Kier alpha value is -0.570. The molecule has 2 fully saturated rings. The minimum Gasteiger partial charge on any atom is -0.323 e. The average molecular weight is 280 g/mol. The summed E-state index contributed by atoms with van der Waals surface area (Å²) in [6.07, 6.45) is 6.54. The molecule has 1 heterocycles. The monoisotopic (exact) mass is 280 g/mol. The van der Waals surface area contributed by atoms with E-state index in [1.54, 1.807) is 0 Å². The van der Waals surface area contributed by atoms with Crippen LogP contribution in [0.15, 0.2) is 0 Å². The van der Waals surface area contributed by atoms with Crippen molar-refractivity contribution >= 4 is 5.91 Å². The number of rotatable bonds is 5. The van der Waals surface area contributed by atoms with Crippen molar-refractivity contribution < 1.29 is 4.79 Å². The van der Waals surface area contributed by atoms with Gasteiger partial charge in [-0.2, -0.15) is 0 Å². The highest BCUT2D eigenvalue weighted by Crippen LogP contribution is 2.34. The van der Waals surface area contributed by atoms with Gasteiger partial charge in [-0.15, -0.1) is 0 Å². The molecule has 116 valence electrons. The molecule has 1 N–H and O–H groups in total. The van der Waals surface area contributed by atoms with E-state index in [2.05, 4.69) is 44.8 Å². The van der Waals surface area contributed by atoms with Crippen LogP contribution >= 0.6 is 0 Å². The molecule has 0 aromatic heterocycles. The van der Waals surface area contributed by atoms with Crippen LogP contribution in [0.2, 0.25) is 0 Å². The first-order chi connectivity index (χ1) is 9.47. The number of carbonyl (C=O) groups excluding carboxylic acids is 1. The largest absolute Gasteiger partial charge is 0.323 e. The summed E-state index contributed by atoms with van der Waals surface area (Å²) < 4.78 is 0. The van der Waals surface area contributed by atoms with Crippen LogP contribution in [0.5, 0.6) is 0 Å². The molecule has 0 aromatic carbocycles. The van der Waals surface area contributed by atoms with Crippen LogP contribution in [-0.2, 0) is 4.79 Å². The zero-order valence-corrected chi connectivity index (χ0v) is 13.9. The van der Waals surface area contributed by atoms with E-state index in [1.807, 2.05) is 0 Å². The van der Waals surface area contributed by atoms with E-state index < -0.39 is 0 Å². The van der Waals surface area contributed by atoms with Crippen molar-refractivity contribution in [3.8, 4) is 0 Å². The zero-order valence-electron chi connectivity index (χ0n) is 13.9. The molecule has 1 saturated heterocycles. The second kappa shape index (κ2) is 6.46. The van der Waals surface area contributed by atoms with Gasteiger partial charge in [0.05, 0.1) is 12.2 Å². The molecule has 1 aliphatic heterocycles. The maximum atomic E-state index is 12.9. The van der Waals surface area contributed by atoms with E-state index in [4.69, 9.17) is 0 Å². The van der Waals surface area contributed by atoms with Gasteiger partial charge >= 0.3 is 0 Å². The molecule has 1 aliphatic carbocycles. The molecule has 0 spiro atoms. The predicted octanol–water partition coefficient (Wildman–Crippen LogP) is 3.39. The van der Waals surface area contributed by atoms with Gasteiger partial charge in [-0.1, -0.05) is 47.0 Å². The van der Waals surface area contributed by atoms with Crippen LogP contribution in [0, 0.1) is 17.8 Å². The number of nitrogens with zero attached hydrogens (tertiary/aromatic N) is 1. The van der Waals surface area contributed by atoms with Crippen LogP contribution < -0.4 is 5.32 Å². The first-order valence-corrected chi connectivity index (χ1v) is 8.55. The second-order valence-corrected chi connectivity index (χ2v) is 7.25. The molecular weight excluding hydrogens is 248 g/mol. The van der Waals surface area contributed by atoms with Crippen molar-refractivity contribution in [2.24, 2.45) is 17.8 Å². The van der Waals surface area contributed by atoms with E-state index in [9.17, 15) is 4.79 Å². The normalized spacial score (nSPS) is 31.3. The quantitative estimate of drug-likeness (QED) is 0.837. The molecule has 4 unspecified atom stereocenters. The van der Waals surface area contributed by atoms with E-state index in [0.29, 0.717) is 29.7 Å². The molecule has 3 heteroatoms. The summed E-state index contributed by atoms with van der Waals surface area (Å²) in [5, 5.41) is 3.62. The number of amides is 1. The molecule has 1 amide bonds. The van der Waals surface area contributed by atoms with E-state index in [-0.39, 0.29) is 12.2 Å². The van der Waals surface area contributed by atoms with Gasteiger partial charge in [-0.3, -0.25) is 10.1 Å². The SMILES string of the molecule is CCC(C)C1NC(C(C)C)N(C(C)C2CCCC2)C1=O. The lowest BCUT2D eigenvalue weighted by molar-refractivity contribution is -0.134. The fraction of sp³-hybridized carbons (Fsp3) is 0.941. The summed E-state index contributed by atoms with van der Waals surface area (Å²) in [7, 11) is 0. The molecule has 3 nitrogen and oxygen atoms in total. The average Bonchev–Trinajstić information content (AvgIpc) is 3.04. The number of hydrogen-bond donors (Lipinski definition) is 1. The van der Waals surface area contributed by atoms with E-state index in [0.717, 1.165) is 6.42 Å². The fourth-order valence-corrected chi connectivity index (χ4v) is 3.91. The van der Waals surface area contributed by atoms with Gasteiger partial charge in [-0.25, -0.2) is 0 Å². The lowest BCUT2D eigenvalue weighted by Gasteiger charge is -2.36. The van der Waals surface area contributed by atoms with Gasteiger partial charge in [0.25, 0.3) is 0 Å². The Balaban J connectivity index is 2.16. The lowest BCUT2D eigenvalue weighted by Crippen LogP contribution is -2.48. The summed E-state index contributed by atoms with van der Waals surface area (Å²) in [4.78, 5) is 15.1. The molecule has 0 aromatic rings. The third kappa shape index (κ3) is 2.88. The van der Waals surface area contributed by atoms with Crippen molar-refractivity contribution in [1.82, 2.24) is 10.2 Å². The Kier molecular flexibility index (Phi) is 5.11. The highest BCUT2D eigenvalue weighted by Gasteiger charge is 2.45. The minimum absolute atomic E-state index is 0.0243. The third-order valence-corrected chi connectivity index (χ3v) is 5.54. The minimum atomic E-state index is 0.0243. The van der Waals surface area contributed by atoms with Crippen molar-refractivity contribution in [1.29, 1.82) is 0 Å². The standard InChI is InChI=1S/C17H32N2O/c1-6-12(4)15-17(20)19(16(18-15)11(2)3)13(5)14-9-7-8-10-14/h11-16,18H,6-10H2,1-5H3. The number of nitrogens with one attached hydrogen (secondary N) is 1. The summed E-state index contributed by atoms with van der Waals surface area (Å²) in [6, 6.07) is 0.412. The van der Waals surface area contributed by atoms with Gasteiger partial charge in [0.2, 0.25) is 5.91 Å². The Morgan fingerprint density at radius 2 is 1.80 bits per heavy atom. The van der Waals surface area contributed by atoms with Crippen molar-refractivity contribution in [2.45, 2.75) is 85.0 Å². The molecular formula is C17H32N2O. The molecule has 20 heavy (non-hydrogen) atoms. The van der Waals surface area contributed by atoms with E-state index >= 15 is 0 Å². The first kappa shape index (κ1) is 15.8. The van der Waals surface area contributed by atoms with Crippen LogP contribution in [0.4, 0.5) is 0 Å². The van der Waals surface area contributed by atoms with Crippen LogP contribution in [-0.4, -0.2) is 29.1 Å². The summed E-state index contributed by atoms with van der Waals surface area (Å²) in [5.41, 5.74) is 0. The number of carbonyl (C=O) groups is 1. The topological polar surface area (TPSA) is 32.3 Å². The second-order valence-electron chi connectivity index (χ2n) is 7.25. The van der Waals surface area contributed by atoms with Crippen LogP contribution in [0.25, 0.3) is 0 Å². The summed E-state index contributed by atoms with van der Waals surface area (Å²) >= 11 is 0. The molecule has 4 atom stereocenters. The summed E-state index contributed by atoms with van der Waals surface area (Å²) in [6.45, 7) is 11.1. The Labute approximate surface area is 124 Å². The highest BCUT2D eigenvalue weighted by atomic mass is 16.2. The van der Waals surface area contributed by atoms with E-state index in [1.165, 1.54) is 25.7 Å². The summed E-state index contributed by atoms with van der Waals surface area (Å²) in [5.74, 6) is 1.94. The molecule has 2 aliphatic rings. The molecule has 0 bridgehead atoms. The lowest BCUT2D eigenvalue weighted by atomic mass is 9.95. The van der Waals surface area contributed by atoms with Crippen molar-refractivity contribution in [2.75, 3.05) is 0 Å². The smallest absolute Gasteiger partial charge is 0.241 e. The maximum Gasteiger partial charge on any atom is 0.241 e. The first-order valence-electron chi connectivity index (χ1n) is 8.55. The maximum absolute atomic E-state index is 12.9. The van der Waals surface area contributed by atoms with Gasteiger partial charge in [0.15, 0.2) is 0 Å². The fourth-order valence-electron chi connectivity index (χ4n) is 3.91. The Morgan fingerprint density at radius 1 is 1.20 bits per heavy atom. The van der Waals surface area contributed by atoms with Gasteiger partial charge in [-0.05, 0) is 37.5 Å². The zero-order chi connectivity index (χ0) is 14.9. The van der Waals surface area contributed by atoms with Gasteiger partial charge in [0.1, 0.15) is 0 Å². The third-order valence-electron chi connectivity index (χ3n) is 5.54. The van der Waals surface area contributed by atoms with Gasteiger partial charge < -0.3 is 4.90 Å². The molecule has 2 rings (SSSR count). The van der Waals surface area contributed by atoms with Crippen molar-refractivity contribution in [3.63, 3.8) is 0 Å². The highest BCUT2D eigenvalue weighted by molar-refractivity contribution is 5.85. The molecule has 0 radical (unpaired) electrons. The number of hydrogen-bond acceptors (Lipinski definition) is 2. The molecule has 1 saturated carbocycles. The van der Waals surface area contributed by atoms with Crippen LogP contribution in [0.1, 0.15) is 66.7 Å². The van der Waals surface area contributed by atoms with Crippen molar-refractivity contribution in [3.05, 3.63) is 0 Å². The Morgan fingerprint density at radius 3 is 2.30 bits per heavy atom. The van der Waals surface area contributed by atoms with Crippen LogP contribution in [0.3, 0.4) is 0 Å². The Bertz CT molecular complexity index is 336. The predicted molar refractivity (Wildman–Crippen MR) is 83.3 cm³/mol. The van der Waals surface area contributed by atoms with Gasteiger partial charge in [0, 0.05) is 6.04 Å².